The van der Waals surface area contributed by atoms with Gasteiger partial charge in [0.2, 0.25) is 11.8 Å². The van der Waals surface area contributed by atoms with E-state index in [-0.39, 0.29) is 24.1 Å². The average Bonchev–Trinajstić information content (AvgIpc) is 2.86. The van der Waals surface area contributed by atoms with E-state index in [1.165, 1.54) is 12.1 Å². The van der Waals surface area contributed by atoms with E-state index < -0.39 is 35.2 Å². The second-order valence-corrected chi connectivity index (χ2v) is 12.0. The van der Waals surface area contributed by atoms with Crippen LogP contribution in [-0.4, -0.2) is 51.1 Å². The number of alkyl carbamates (subject to hydrolysis) is 1. The molecular weight excluding hydrogens is 506 g/mol. The van der Waals surface area contributed by atoms with Gasteiger partial charge >= 0.3 is 6.09 Å². The first-order chi connectivity index (χ1) is 18.7. The molecule has 2 rings (SSSR count). The van der Waals surface area contributed by atoms with Gasteiger partial charge in [-0.25, -0.2) is 4.79 Å². The number of ether oxygens (including phenoxy) is 1. The number of carbonyl (C=O) groups is 3. The summed E-state index contributed by atoms with van der Waals surface area (Å²) < 4.78 is 5.51. The van der Waals surface area contributed by atoms with Crippen LogP contribution in [-0.2, 0) is 20.7 Å². The molecule has 0 saturated heterocycles. The highest BCUT2D eigenvalue weighted by molar-refractivity contribution is 5.93. The molecule has 2 aromatic carbocycles. The van der Waals surface area contributed by atoms with Crippen molar-refractivity contribution in [1.82, 2.24) is 15.5 Å². The van der Waals surface area contributed by atoms with Gasteiger partial charge in [-0.2, -0.15) is 0 Å². The number of phenols is 1. The van der Waals surface area contributed by atoms with Gasteiger partial charge in [0.15, 0.2) is 0 Å². The normalized spacial score (nSPS) is 14.0. The lowest BCUT2D eigenvalue weighted by molar-refractivity contribution is -0.149. The van der Waals surface area contributed by atoms with Crippen LogP contribution in [0.15, 0.2) is 54.6 Å². The summed E-state index contributed by atoms with van der Waals surface area (Å²) in [7, 11) is 0. The first-order valence-electron chi connectivity index (χ1n) is 14.1. The van der Waals surface area contributed by atoms with E-state index in [0.717, 1.165) is 18.4 Å². The van der Waals surface area contributed by atoms with Gasteiger partial charge in [-0.15, -0.1) is 0 Å². The summed E-state index contributed by atoms with van der Waals surface area (Å²) in [6, 6.07) is 13.7. The van der Waals surface area contributed by atoms with E-state index in [9.17, 15) is 19.5 Å². The Hall–Kier alpha value is -3.55. The number of amides is 3. The third kappa shape index (κ3) is 9.57. The molecule has 0 aliphatic carbocycles. The van der Waals surface area contributed by atoms with Gasteiger partial charge in [0, 0.05) is 18.0 Å². The summed E-state index contributed by atoms with van der Waals surface area (Å²) in [5, 5.41) is 15.8. The number of rotatable bonds is 12. The van der Waals surface area contributed by atoms with E-state index in [1.807, 2.05) is 65.0 Å². The minimum Gasteiger partial charge on any atom is -0.508 e. The van der Waals surface area contributed by atoms with Crippen LogP contribution >= 0.6 is 0 Å². The second kappa shape index (κ2) is 14.2. The topological polar surface area (TPSA) is 108 Å². The SMILES string of the molecule is CCCC(C)NC(=O)C(c1ccc(O)cc1)N(C(=O)C(Cc1ccccc1)NC(=O)OC(C)(C)C)C(C)(C)CC. The Morgan fingerprint density at radius 1 is 0.925 bits per heavy atom. The zero-order valence-corrected chi connectivity index (χ0v) is 25.3. The van der Waals surface area contributed by atoms with Crippen molar-refractivity contribution in [2.45, 2.75) is 110 Å². The monoisotopic (exact) mass is 553 g/mol. The summed E-state index contributed by atoms with van der Waals surface area (Å²) in [4.78, 5) is 43.0. The molecule has 3 unspecified atom stereocenters. The van der Waals surface area contributed by atoms with Gasteiger partial charge in [-0.05, 0) is 77.6 Å². The Kier molecular flexibility index (Phi) is 11.6. The summed E-state index contributed by atoms with van der Waals surface area (Å²) in [5.74, 6) is -0.668. The molecule has 3 atom stereocenters. The predicted molar refractivity (Wildman–Crippen MR) is 158 cm³/mol. The number of phenolic OH excluding ortho intramolecular Hbond substituents is 1. The van der Waals surface area contributed by atoms with Crippen molar-refractivity contribution < 1.29 is 24.2 Å². The largest absolute Gasteiger partial charge is 0.508 e. The minimum absolute atomic E-state index is 0.0587. The van der Waals surface area contributed by atoms with Crippen LogP contribution in [0, 0.1) is 0 Å². The Morgan fingerprint density at radius 2 is 1.52 bits per heavy atom. The lowest BCUT2D eigenvalue weighted by Crippen LogP contribution is -2.60. The maximum Gasteiger partial charge on any atom is 0.408 e. The molecule has 0 heterocycles. The minimum atomic E-state index is -0.999. The van der Waals surface area contributed by atoms with Gasteiger partial charge in [-0.1, -0.05) is 62.7 Å². The Bertz CT molecular complexity index is 1110. The van der Waals surface area contributed by atoms with Gasteiger partial charge in [-0.3, -0.25) is 9.59 Å². The fourth-order valence-corrected chi connectivity index (χ4v) is 4.51. The summed E-state index contributed by atoms with van der Waals surface area (Å²) in [6.45, 7) is 15.0. The molecule has 0 spiro atoms. The maximum atomic E-state index is 14.6. The molecule has 2 aromatic rings. The van der Waals surface area contributed by atoms with Gasteiger partial charge in [0.25, 0.3) is 0 Å². The highest BCUT2D eigenvalue weighted by atomic mass is 16.6. The highest BCUT2D eigenvalue weighted by Crippen LogP contribution is 2.33. The number of nitrogens with zero attached hydrogens (tertiary/aromatic N) is 1. The molecule has 0 aromatic heterocycles. The molecule has 220 valence electrons. The summed E-state index contributed by atoms with van der Waals surface area (Å²) >= 11 is 0. The third-order valence-electron chi connectivity index (χ3n) is 6.85. The zero-order chi connectivity index (χ0) is 30.1. The Morgan fingerprint density at radius 3 is 2.05 bits per heavy atom. The number of hydrogen-bond donors (Lipinski definition) is 3. The molecule has 0 bridgehead atoms. The van der Waals surface area contributed by atoms with E-state index in [1.54, 1.807) is 37.8 Å². The van der Waals surface area contributed by atoms with Crippen LogP contribution in [0.2, 0.25) is 0 Å². The molecule has 0 fully saturated rings. The van der Waals surface area contributed by atoms with Crippen LogP contribution in [0.5, 0.6) is 5.75 Å². The van der Waals surface area contributed by atoms with Crippen LogP contribution in [0.25, 0.3) is 0 Å². The zero-order valence-electron chi connectivity index (χ0n) is 25.3. The molecule has 0 saturated carbocycles. The van der Waals surface area contributed by atoms with Crippen molar-refractivity contribution in [2.24, 2.45) is 0 Å². The van der Waals surface area contributed by atoms with Crippen molar-refractivity contribution in [3.63, 3.8) is 0 Å². The molecule has 3 N–H and O–H groups in total. The van der Waals surface area contributed by atoms with Crippen LogP contribution in [0.1, 0.15) is 91.8 Å². The van der Waals surface area contributed by atoms with Gasteiger partial charge in [0.05, 0.1) is 0 Å². The van der Waals surface area contributed by atoms with Gasteiger partial charge in [0.1, 0.15) is 23.4 Å². The van der Waals surface area contributed by atoms with Crippen molar-refractivity contribution in [3.05, 3.63) is 65.7 Å². The predicted octanol–water partition coefficient (Wildman–Crippen LogP) is 5.89. The van der Waals surface area contributed by atoms with E-state index in [0.29, 0.717) is 12.0 Å². The molecule has 8 heteroatoms. The third-order valence-corrected chi connectivity index (χ3v) is 6.85. The first-order valence-corrected chi connectivity index (χ1v) is 14.1. The highest BCUT2D eigenvalue weighted by Gasteiger charge is 2.43. The van der Waals surface area contributed by atoms with Crippen LogP contribution < -0.4 is 10.6 Å². The molecule has 8 nitrogen and oxygen atoms in total. The first kappa shape index (κ1) is 32.7. The van der Waals surface area contributed by atoms with E-state index >= 15 is 0 Å². The lowest BCUT2D eigenvalue weighted by atomic mass is 9.91. The van der Waals surface area contributed by atoms with Crippen molar-refractivity contribution in [3.8, 4) is 5.75 Å². The van der Waals surface area contributed by atoms with E-state index in [2.05, 4.69) is 10.6 Å². The standard InChI is InChI=1S/C32H47N3O5/c1-9-14-22(3)33-28(37)27(24-17-19-25(36)20-18-24)35(32(7,8)10-2)29(38)26(21-23-15-12-11-13-16-23)34-30(39)40-31(4,5)6/h11-13,15-20,22,26-27,36H,9-10,14,21H2,1-8H3,(H,33,37)(H,34,39). The quantitative estimate of drug-likeness (QED) is 0.304. The lowest BCUT2D eigenvalue weighted by Gasteiger charge is -2.45. The second-order valence-electron chi connectivity index (χ2n) is 12.0. The Labute approximate surface area is 239 Å². The maximum absolute atomic E-state index is 14.6. The fourth-order valence-electron chi connectivity index (χ4n) is 4.51. The fraction of sp³-hybridized carbons (Fsp3) is 0.531. The molecule has 0 aliphatic heterocycles. The van der Waals surface area contributed by atoms with Crippen LogP contribution in [0.4, 0.5) is 4.79 Å². The molecule has 40 heavy (non-hydrogen) atoms. The van der Waals surface area contributed by atoms with Crippen LogP contribution in [0.3, 0.4) is 0 Å². The summed E-state index contributed by atoms with van der Waals surface area (Å²) in [5.41, 5.74) is -0.107. The molecule has 0 radical (unpaired) electrons. The van der Waals surface area contributed by atoms with Crippen molar-refractivity contribution in [1.29, 1.82) is 0 Å². The Balaban J connectivity index is 2.64. The molecular formula is C32H47N3O5. The van der Waals surface area contributed by atoms with Gasteiger partial charge < -0.3 is 25.4 Å². The molecule has 0 aliphatic rings. The number of hydrogen-bond acceptors (Lipinski definition) is 5. The molecule has 3 amide bonds. The van der Waals surface area contributed by atoms with Crippen molar-refractivity contribution in [2.75, 3.05) is 0 Å². The van der Waals surface area contributed by atoms with E-state index in [4.69, 9.17) is 4.74 Å². The average molecular weight is 554 g/mol. The summed E-state index contributed by atoms with van der Waals surface area (Å²) in [6.07, 6.45) is 1.74. The number of benzene rings is 2. The van der Waals surface area contributed by atoms with Crippen molar-refractivity contribution >= 4 is 17.9 Å². The smallest absolute Gasteiger partial charge is 0.408 e. The number of nitrogens with one attached hydrogen (secondary N) is 2. The number of carbonyl (C=O) groups excluding carboxylic acids is 3. The number of aromatic hydroxyl groups is 1.